The molecule has 142 valence electrons. The first kappa shape index (κ1) is 20.4. The number of hydrogen-bond acceptors (Lipinski definition) is 4. The molecule has 1 aliphatic heterocycles. The first-order valence-corrected chi connectivity index (χ1v) is 9.22. The minimum atomic E-state index is -0.569. The highest BCUT2D eigenvalue weighted by Crippen LogP contribution is 2.24. The van der Waals surface area contributed by atoms with Crippen LogP contribution in [-0.2, 0) is 9.59 Å². The van der Waals surface area contributed by atoms with Crippen molar-refractivity contribution in [3.63, 3.8) is 0 Å². The Morgan fingerprint density at radius 1 is 1.19 bits per heavy atom. The van der Waals surface area contributed by atoms with Crippen LogP contribution in [0.4, 0.5) is 0 Å². The Hall–Kier alpha value is -1.92. The zero-order valence-electron chi connectivity index (χ0n) is 15.1. The maximum absolute atomic E-state index is 12.6. The van der Waals surface area contributed by atoms with Crippen molar-refractivity contribution in [1.29, 1.82) is 0 Å². The van der Waals surface area contributed by atoms with Crippen molar-refractivity contribution >= 4 is 29.2 Å². The van der Waals surface area contributed by atoms with Gasteiger partial charge in [-0.05, 0) is 43.0 Å². The Kier molecular flexibility index (Phi) is 7.17. The maximum Gasteiger partial charge on any atom is 0.247 e. The molecule has 0 saturated carbocycles. The summed E-state index contributed by atoms with van der Waals surface area (Å²) < 4.78 is 0. The fourth-order valence-corrected chi connectivity index (χ4v) is 3.40. The molecule has 26 heavy (non-hydrogen) atoms. The van der Waals surface area contributed by atoms with Crippen molar-refractivity contribution in [3.05, 3.63) is 34.9 Å². The molecule has 1 aromatic rings. The van der Waals surface area contributed by atoms with E-state index in [-0.39, 0.29) is 29.9 Å². The van der Waals surface area contributed by atoms with Crippen LogP contribution in [-0.4, -0.2) is 40.8 Å². The molecular weight excluding hydrogens is 356 g/mol. The molecule has 2 rings (SSSR count). The average Bonchev–Trinajstić information content (AvgIpc) is 2.65. The molecule has 7 heteroatoms. The van der Waals surface area contributed by atoms with Crippen molar-refractivity contribution in [2.75, 3.05) is 13.1 Å². The number of hydrogen-bond donors (Lipinski definition) is 2. The second-order valence-corrected chi connectivity index (χ2v) is 7.49. The van der Waals surface area contributed by atoms with Crippen molar-refractivity contribution in [3.8, 4) is 0 Å². The second kappa shape index (κ2) is 9.14. The van der Waals surface area contributed by atoms with Gasteiger partial charge in [0, 0.05) is 36.0 Å². The standard InChI is InChI=1S/C19H25ClN2O4/c1-12(2)16(19(25)21-26)11-17(23)22-9-7-14(8-10-22)18(24)13-3-5-15(20)6-4-13/h3-6,12,14,16,26H,7-11H2,1-2H3,(H,21,25)/t16-/m0/s1. The lowest BCUT2D eigenvalue weighted by Crippen LogP contribution is -2.43. The number of halogens is 1. The molecule has 1 heterocycles. The van der Waals surface area contributed by atoms with E-state index in [1.54, 1.807) is 34.6 Å². The Morgan fingerprint density at radius 2 is 1.77 bits per heavy atom. The molecule has 0 unspecified atom stereocenters. The number of piperidine rings is 1. The monoisotopic (exact) mass is 380 g/mol. The summed E-state index contributed by atoms with van der Waals surface area (Å²) in [6, 6.07) is 6.85. The molecule has 0 bridgehead atoms. The third-order valence-corrected chi connectivity index (χ3v) is 5.25. The molecule has 1 aliphatic rings. The van der Waals surface area contributed by atoms with Gasteiger partial charge in [-0.15, -0.1) is 0 Å². The minimum Gasteiger partial charge on any atom is -0.343 e. The predicted octanol–water partition coefficient (Wildman–Crippen LogP) is 2.93. The van der Waals surface area contributed by atoms with Gasteiger partial charge < -0.3 is 4.90 Å². The van der Waals surface area contributed by atoms with E-state index in [1.807, 2.05) is 13.8 Å². The Balaban J connectivity index is 1.90. The fourth-order valence-electron chi connectivity index (χ4n) is 3.27. The normalized spacial score (nSPS) is 16.4. The number of nitrogens with zero attached hydrogens (tertiary/aromatic N) is 1. The number of rotatable bonds is 6. The lowest BCUT2D eigenvalue weighted by atomic mass is 9.87. The SMILES string of the molecule is CC(C)[C@H](CC(=O)N1CCC(C(=O)c2ccc(Cl)cc2)CC1)C(=O)NO. The van der Waals surface area contributed by atoms with Crippen molar-refractivity contribution in [2.24, 2.45) is 17.8 Å². The molecule has 1 aromatic carbocycles. The van der Waals surface area contributed by atoms with E-state index in [1.165, 1.54) is 0 Å². The summed E-state index contributed by atoms with van der Waals surface area (Å²) in [6.45, 7) is 4.66. The lowest BCUT2D eigenvalue weighted by molar-refractivity contribution is -0.142. The predicted molar refractivity (Wildman–Crippen MR) is 98.0 cm³/mol. The summed E-state index contributed by atoms with van der Waals surface area (Å²) >= 11 is 5.85. The average molecular weight is 381 g/mol. The highest BCUT2D eigenvalue weighted by molar-refractivity contribution is 6.30. The summed E-state index contributed by atoms with van der Waals surface area (Å²) in [5, 5.41) is 9.42. The number of likely N-dealkylation sites (tertiary alicyclic amines) is 1. The zero-order chi connectivity index (χ0) is 19.3. The fraction of sp³-hybridized carbons (Fsp3) is 0.526. The first-order chi connectivity index (χ1) is 12.3. The van der Waals surface area contributed by atoms with Crippen LogP contribution < -0.4 is 5.48 Å². The van der Waals surface area contributed by atoms with Gasteiger partial charge in [-0.3, -0.25) is 19.6 Å². The number of hydroxylamine groups is 1. The van der Waals surface area contributed by atoms with Gasteiger partial charge in [0.2, 0.25) is 11.8 Å². The lowest BCUT2D eigenvalue weighted by Gasteiger charge is -2.32. The third-order valence-electron chi connectivity index (χ3n) is 4.99. The summed E-state index contributed by atoms with van der Waals surface area (Å²) in [6.07, 6.45) is 1.26. The van der Waals surface area contributed by atoms with Crippen LogP contribution in [0.1, 0.15) is 43.5 Å². The molecular formula is C19H25ClN2O4. The van der Waals surface area contributed by atoms with E-state index in [4.69, 9.17) is 16.8 Å². The molecule has 0 aromatic heterocycles. The Labute approximate surface area is 158 Å². The molecule has 6 nitrogen and oxygen atoms in total. The zero-order valence-corrected chi connectivity index (χ0v) is 15.8. The molecule has 1 fully saturated rings. The maximum atomic E-state index is 12.6. The number of carbonyl (C=O) groups is 3. The number of carbonyl (C=O) groups excluding carboxylic acids is 3. The number of amides is 2. The van der Waals surface area contributed by atoms with Gasteiger partial charge in [0.05, 0.1) is 5.92 Å². The van der Waals surface area contributed by atoms with Crippen molar-refractivity contribution < 1.29 is 19.6 Å². The molecule has 0 spiro atoms. The highest BCUT2D eigenvalue weighted by atomic mass is 35.5. The van der Waals surface area contributed by atoms with Gasteiger partial charge in [-0.25, -0.2) is 5.48 Å². The topological polar surface area (TPSA) is 86.7 Å². The number of Topliss-reactive ketones (excluding diaryl/α,β-unsaturated/α-hetero) is 1. The van der Waals surface area contributed by atoms with Crippen LogP contribution in [0.15, 0.2) is 24.3 Å². The van der Waals surface area contributed by atoms with Gasteiger partial charge >= 0.3 is 0 Å². The number of nitrogens with one attached hydrogen (secondary N) is 1. The van der Waals surface area contributed by atoms with Gasteiger partial charge in [-0.2, -0.15) is 0 Å². The van der Waals surface area contributed by atoms with Gasteiger partial charge in [0.1, 0.15) is 0 Å². The summed E-state index contributed by atoms with van der Waals surface area (Å²) in [5.41, 5.74) is 2.27. The van der Waals surface area contributed by atoms with Crippen LogP contribution in [0.25, 0.3) is 0 Å². The summed E-state index contributed by atoms with van der Waals surface area (Å²) in [7, 11) is 0. The van der Waals surface area contributed by atoms with E-state index in [2.05, 4.69) is 0 Å². The summed E-state index contributed by atoms with van der Waals surface area (Å²) in [4.78, 5) is 38.4. The molecule has 1 atom stereocenters. The van der Waals surface area contributed by atoms with Crippen LogP contribution in [0.5, 0.6) is 0 Å². The van der Waals surface area contributed by atoms with Gasteiger partial charge in [0.25, 0.3) is 0 Å². The molecule has 0 radical (unpaired) electrons. The Bertz CT molecular complexity index is 652. The van der Waals surface area contributed by atoms with Crippen molar-refractivity contribution in [2.45, 2.75) is 33.1 Å². The molecule has 2 N–H and O–H groups in total. The van der Waals surface area contributed by atoms with E-state index in [9.17, 15) is 14.4 Å². The van der Waals surface area contributed by atoms with E-state index >= 15 is 0 Å². The molecule has 2 amide bonds. The Morgan fingerprint density at radius 3 is 2.27 bits per heavy atom. The van der Waals surface area contributed by atoms with Gasteiger partial charge in [0.15, 0.2) is 5.78 Å². The quantitative estimate of drug-likeness (QED) is 0.451. The van der Waals surface area contributed by atoms with Crippen molar-refractivity contribution in [1.82, 2.24) is 10.4 Å². The first-order valence-electron chi connectivity index (χ1n) is 8.85. The van der Waals surface area contributed by atoms with Gasteiger partial charge in [-0.1, -0.05) is 25.4 Å². The second-order valence-electron chi connectivity index (χ2n) is 7.06. The van der Waals surface area contributed by atoms with Crippen LogP contribution >= 0.6 is 11.6 Å². The van der Waals surface area contributed by atoms with Crippen LogP contribution in [0.3, 0.4) is 0 Å². The number of benzene rings is 1. The van der Waals surface area contributed by atoms with Crippen LogP contribution in [0, 0.1) is 17.8 Å². The highest BCUT2D eigenvalue weighted by Gasteiger charge is 2.31. The smallest absolute Gasteiger partial charge is 0.247 e. The molecule has 0 aliphatic carbocycles. The summed E-state index contributed by atoms with van der Waals surface area (Å²) in [5.74, 6) is -1.32. The van der Waals surface area contributed by atoms with E-state index in [0.29, 0.717) is 36.5 Å². The third kappa shape index (κ3) is 5.05. The van der Waals surface area contributed by atoms with E-state index < -0.39 is 11.8 Å². The largest absolute Gasteiger partial charge is 0.343 e. The van der Waals surface area contributed by atoms with E-state index in [0.717, 1.165) is 0 Å². The number of ketones is 1. The van der Waals surface area contributed by atoms with Crippen LogP contribution in [0.2, 0.25) is 5.02 Å². The minimum absolute atomic E-state index is 0.0554. The molecule has 1 saturated heterocycles.